The molecule has 4 aliphatic rings. The van der Waals surface area contributed by atoms with Crippen LogP contribution in [-0.4, -0.2) is 48.2 Å². The van der Waals surface area contributed by atoms with Gasteiger partial charge in [-0.25, -0.2) is 9.59 Å². The Morgan fingerprint density at radius 1 is 0.560 bits per heavy atom. The normalized spacial score (nSPS) is 22.7. The van der Waals surface area contributed by atoms with Crippen molar-refractivity contribution in [3.05, 3.63) is 161 Å². The van der Waals surface area contributed by atoms with Gasteiger partial charge in [0.1, 0.15) is 13.2 Å². The number of hydrogen-bond acceptors (Lipinski definition) is 4. The second kappa shape index (κ2) is 16.1. The van der Waals surface area contributed by atoms with Crippen LogP contribution in [0.5, 0.6) is 0 Å². The average molecular weight is 667 g/mol. The quantitative estimate of drug-likeness (QED) is 0.185. The molecule has 256 valence electrons. The van der Waals surface area contributed by atoms with Crippen molar-refractivity contribution in [2.45, 2.75) is 38.9 Å². The van der Waals surface area contributed by atoms with Gasteiger partial charge in [0, 0.05) is 26.2 Å². The van der Waals surface area contributed by atoms with Gasteiger partial charge in [-0.15, -0.1) is 0 Å². The van der Waals surface area contributed by atoms with E-state index in [4.69, 9.17) is 9.47 Å². The van der Waals surface area contributed by atoms with E-state index in [-0.39, 0.29) is 12.2 Å². The standard InChI is InChI=1S/2C22H23NO2/c2*24-22(25-16-18-9-5-2-6-10-18)23-14-20-12-19(13-21(20)15-23)11-17-7-3-1-4-8-17/h1-10,12,20-21H,11,13-16H2;1-11,20-21H,12-16H2/t2*20-,21+/m0./s1. The molecule has 8 rings (SSSR count). The number of carbonyl (C=O) groups excluding carboxylic acids is 2. The maximum atomic E-state index is 12.3. The lowest BCUT2D eigenvalue weighted by molar-refractivity contribution is 0.101. The lowest BCUT2D eigenvalue weighted by Crippen LogP contribution is -2.30. The summed E-state index contributed by atoms with van der Waals surface area (Å²) >= 11 is 0. The minimum absolute atomic E-state index is 0.174. The summed E-state index contributed by atoms with van der Waals surface area (Å²) in [5.41, 5.74) is 7.73. The van der Waals surface area contributed by atoms with Crippen molar-refractivity contribution >= 4 is 18.3 Å². The van der Waals surface area contributed by atoms with E-state index >= 15 is 0 Å². The first kappa shape index (κ1) is 33.4. The molecule has 0 N–H and O–H groups in total. The number of fused-ring (bicyclic) bond motifs is 2. The molecule has 1 saturated carbocycles. The summed E-state index contributed by atoms with van der Waals surface area (Å²) in [5.74, 6) is 2.21. The van der Waals surface area contributed by atoms with Gasteiger partial charge in [0.15, 0.2) is 0 Å². The molecule has 4 aromatic rings. The van der Waals surface area contributed by atoms with Gasteiger partial charge in [0.05, 0.1) is 0 Å². The maximum absolute atomic E-state index is 12.3. The van der Waals surface area contributed by atoms with Gasteiger partial charge in [-0.2, -0.15) is 0 Å². The van der Waals surface area contributed by atoms with E-state index in [1.807, 2.05) is 76.5 Å². The molecule has 0 spiro atoms. The van der Waals surface area contributed by atoms with Crippen LogP contribution in [-0.2, 0) is 29.1 Å². The maximum Gasteiger partial charge on any atom is 0.410 e. The van der Waals surface area contributed by atoms with Crippen LogP contribution in [0.3, 0.4) is 0 Å². The van der Waals surface area contributed by atoms with E-state index < -0.39 is 0 Å². The van der Waals surface area contributed by atoms with Crippen molar-refractivity contribution in [3.8, 4) is 0 Å². The predicted molar refractivity (Wildman–Crippen MR) is 197 cm³/mol. The lowest BCUT2D eigenvalue weighted by Gasteiger charge is -2.17. The number of carbonyl (C=O) groups is 2. The monoisotopic (exact) mass is 666 g/mol. The summed E-state index contributed by atoms with van der Waals surface area (Å²) in [4.78, 5) is 28.4. The summed E-state index contributed by atoms with van der Waals surface area (Å²) < 4.78 is 10.9. The fraction of sp³-hybridized carbons (Fsp3) is 0.318. The summed E-state index contributed by atoms with van der Waals surface area (Å²) in [5, 5.41) is 0. The van der Waals surface area contributed by atoms with Crippen LogP contribution in [0.15, 0.2) is 139 Å². The highest BCUT2D eigenvalue weighted by atomic mass is 16.6. The van der Waals surface area contributed by atoms with Crippen LogP contribution < -0.4 is 0 Å². The first-order valence-corrected chi connectivity index (χ1v) is 17.9. The Bertz CT molecular complexity index is 1760. The molecule has 6 nitrogen and oxygen atoms in total. The molecule has 2 saturated heterocycles. The van der Waals surface area contributed by atoms with E-state index in [0.717, 1.165) is 63.0 Å². The molecule has 6 heteroatoms. The summed E-state index contributed by atoms with van der Waals surface area (Å²) in [6, 6.07) is 40.8. The molecule has 3 fully saturated rings. The van der Waals surface area contributed by atoms with Gasteiger partial charge in [0.25, 0.3) is 0 Å². The van der Waals surface area contributed by atoms with Crippen LogP contribution in [0.2, 0.25) is 0 Å². The molecule has 0 aromatic heterocycles. The van der Waals surface area contributed by atoms with Crippen LogP contribution in [0.1, 0.15) is 41.5 Å². The van der Waals surface area contributed by atoms with Gasteiger partial charge in [-0.1, -0.05) is 145 Å². The Morgan fingerprint density at radius 3 is 1.54 bits per heavy atom. The molecule has 4 aromatic carbocycles. The number of benzene rings is 4. The Kier molecular flexibility index (Phi) is 10.7. The highest BCUT2D eigenvalue weighted by Crippen LogP contribution is 2.42. The second-order valence-electron chi connectivity index (χ2n) is 14.1. The molecule has 0 unspecified atom stereocenters. The molecule has 0 bridgehead atoms. The van der Waals surface area contributed by atoms with E-state index in [2.05, 4.69) is 66.7 Å². The molecule has 4 atom stereocenters. The Hall–Kier alpha value is -5.10. The second-order valence-corrected chi connectivity index (χ2v) is 14.1. The van der Waals surface area contributed by atoms with Crippen molar-refractivity contribution in [3.63, 3.8) is 0 Å². The van der Waals surface area contributed by atoms with Crippen molar-refractivity contribution in [2.75, 3.05) is 26.2 Å². The SMILES string of the molecule is O=C(OCc1ccccc1)N1C[C@H]2CC(=Cc3ccccc3)C[C@H]2C1.O=C(OCc1ccccc1)N1C[C@H]2CC(Cc3ccccc3)=C[C@H]2C1. The molecule has 2 amide bonds. The van der Waals surface area contributed by atoms with Crippen molar-refractivity contribution < 1.29 is 19.1 Å². The third kappa shape index (κ3) is 8.73. The Labute approximate surface area is 296 Å². The van der Waals surface area contributed by atoms with E-state index in [1.165, 1.54) is 22.3 Å². The van der Waals surface area contributed by atoms with Gasteiger partial charge >= 0.3 is 12.2 Å². The zero-order valence-corrected chi connectivity index (χ0v) is 28.6. The van der Waals surface area contributed by atoms with Gasteiger partial charge < -0.3 is 19.3 Å². The summed E-state index contributed by atoms with van der Waals surface area (Å²) in [7, 11) is 0. The number of allylic oxidation sites excluding steroid dienone is 2. The summed E-state index contributed by atoms with van der Waals surface area (Å²) in [6.45, 7) is 3.95. The molecular formula is C44H46N2O4. The van der Waals surface area contributed by atoms with Crippen LogP contribution in [0.25, 0.3) is 6.08 Å². The zero-order chi connectivity index (χ0) is 34.1. The van der Waals surface area contributed by atoms with Crippen LogP contribution in [0, 0.1) is 23.7 Å². The van der Waals surface area contributed by atoms with E-state index in [1.54, 1.807) is 0 Å². The van der Waals surface area contributed by atoms with Crippen molar-refractivity contribution in [1.82, 2.24) is 9.80 Å². The fourth-order valence-electron chi connectivity index (χ4n) is 7.98. The fourth-order valence-corrected chi connectivity index (χ4v) is 7.98. The highest BCUT2D eigenvalue weighted by molar-refractivity contribution is 5.69. The van der Waals surface area contributed by atoms with Crippen LogP contribution in [0.4, 0.5) is 9.59 Å². The van der Waals surface area contributed by atoms with E-state index in [0.29, 0.717) is 36.9 Å². The molecule has 2 aliphatic heterocycles. The number of amides is 2. The minimum atomic E-state index is -0.184. The van der Waals surface area contributed by atoms with Gasteiger partial charge in [-0.3, -0.25) is 0 Å². The smallest absolute Gasteiger partial charge is 0.410 e. The average Bonchev–Trinajstić information content (AvgIpc) is 3.92. The topological polar surface area (TPSA) is 59.1 Å². The Morgan fingerprint density at radius 2 is 1.02 bits per heavy atom. The van der Waals surface area contributed by atoms with Crippen LogP contribution >= 0.6 is 0 Å². The van der Waals surface area contributed by atoms with Gasteiger partial charge in [-0.05, 0) is 71.6 Å². The number of rotatable bonds is 7. The molecule has 50 heavy (non-hydrogen) atoms. The zero-order valence-electron chi connectivity index (χ0n) is 28.6. The highest BCUT2D eigenvalue weighted by Gasteiger charge is 2.41. The lowest BCUT2D eigenvalue weighted by atomic mass is 9.98. The molecule has 2 heterocycles. The molecular weight excluding hydrogens is 620 g/mol. The van der Waals surface area contributed by atoms with E-state index in [9.17, 15) is 9.59 Å². The number of nitrogens with zero attached hydrogens (tertiary/aromatic N) is 2. The molecule has 2 aliphatic carbocycles. The van der Waals surface area contributed by atoms with Crippen molar-refractivity contribution in [2.24, 2.45) is 23.7 Å². The first-order valence-electron chi connectivity index (χ1n) is 17.9. The third-order valence-electron chi connectivity index (χ3n) is 10.5. The predicted octanol–water partition coefficient (Wildman–Crippen LogP) is 9.19. The number of likely N-dealkylation sites (tertiary alicyclic amines) is 2. The summed E-state index contributed by atoms with van der Waals surface area (Å²) in [6.07, 6.45) is 8.68. The number of ether oxygens (including phenoxy) is 2. The van der Waals surface area contributed by atoms with Gasteiger partial charge in [0.2, 0.25) is 0 Å². The number of hydrogen-bond donors (Lipinski definition) is 0. The first-order chi connectivity index (χ1) is 24.6. The van der Waals surface area contributed by atoms with Crippen molar-refractivity contribution in [1.29, 1.82) is 0 Å². The largest absolute Gasteiger partial charge is 0.445 e. The third-order valence-corrected chi connectivity index (χ3v) is 10.5. The Balaban J connectivity index is 0.000000157. The molecule has 0 radical (unpaired) electrons. The minimum Gasteiger partial charge on any atom is -0.445 e.